The number of thiophene rings is 1. The number of allylic oxidation sites excluding steroid dienone is 14. The van der Waals surface area contributed by atoms with Gasteiger partial charge in [-0.05, 0) is 96.3 Å². The van der Waals surface area contributed by atoms with Crippen LogP contribution in [0.5, 0.6) is 0 Å². The molecular weight excluding hydrogens is 657 g/mol. The van der Waals surface area contributed by atoms with Crippen molar-refractivity contribution in [2.24, 2.45) is 0 Å². The molecule has 0 bridgehead atoms. The predicted molar refractivity (Wildman–Crippen MR) is 238 cm³/mol. The van der Waals surface area contributed by atoms with Crippen LogP contribution in [0.1, 0.15) is 56.4 Å². The average Bonchev–Trinajstić information content (AvgIpc) is 3.65. The van der Waals surface area contributed by atoms with E-state index in [2.05, 4.69) is 199 Å². The van der Waals surface area contributed by atoms with Crippen LogP contribution in [0.25, 0.3) is 69.2 Å². The van der Waals surface area contributed by atoms with Gasteiger partial charge in [-0.15, -0.1) is 11.3 Å². The molecule has 0 fully saturated rings. The van der Waals surface area contributed by atoms with E-state index in [4.69, 9.17) is 0 Å². The Balaban J connectivity index is 1.13. The maximum Gasteiger partial charge on any atom is 0.0440 e. The van der Waals surface area contributed by atoms with Crippen LogP contribution in [0, 0.1) is 0 Å². The third kappa shape index (κ3) is 5.77. The van der Waals surface area contributed by atoms with Gasteiger partial charge in [0, 0.05) is 25.6 Å². The highest BCUT2D eigenvalue weighted by atomic mass is 32.1. The van der Waals surface area contributed by atoms with Crippen molar-refractivity contribution in [2.75, 3.05) is 0 Å². The van der Waals surface area contributed by atoms with Crippen molar-refractivity contribution >= 4 is 80.5 Å². The highest BCUT2D eigenvalue weighted by Crippen LogP contribution is 2.56. The fourth-order valence-corrected chi connectivity index (χ4v) is 9.56. The second-order valence-electron chi connectivity index (χ2n) is 14.5. The molecule has 0 radical (unpaired) electrons. The van der Waals surface area contributed by atoms with Gasteiger partial charge >= 0.3 is 0 Å². The molecule has 1 aromatic heterocycles. The van der Waals surface area contributed by atoms with E-state index in [1.807, 2.05) is 11.3 Å². The van der Waals surface area contributed by atoms with E-state index in [-0.39, 0.29) is 5.41 Å². The molecule has 0 nitrogen and oxygen atoms in total. The maximum atomic E-state index is 4.69. The molecule has 0 spiro atoms. The lowest BCUT2D eigenvalue weighted by Gasteiger charge is -2.22. The monoisotopic (exact) mass is 700 g/mol. The highest BCUT2D eigenvalue weighted by molar-refractivity contribution is 7.26. The Morgan fingerprint density at radius 2 is 1.21 bits per heavy atom. The summed E-state index contributed by atoms with van der Waals surface area (Å²) in [6.07, 6.45) is 22.6. The molecule has 6 aromatic carbocycles. The van der Waals surface area contributed by atoms with Crippen molar-refractivity contribution in [2.45, 2.75) is 39.5 Å². The van der Waals surface area contributed by atoms with Gasteiger partial charge in [-0.2, -0.15) is 0 Å². The van der Waals surface area contributed by atoms with Crippen molar-refractivity contribution in [1.82, 2.24) is 0 Å². The molecule has 0 amide bonds. The standard InChI is InChI=1S/C52H44S/c1-7-8-12-23-34(2)46-38-26-15-17-28-40(38)47(41-29-18-16-27-39(41)46)35(3)24-13-10-9-11-14-25-37-36(4)52(5,6)50-42-30-19-20-31-43(42)51-49(48(37)50)44-32-21-22-33-45(44)53-51/h8-33H,3-4,7H2,1-2,5-6H3/b10-9+,12-8-,14-11+,24-13-,34-23+,37-25+. The van der Waals surface area contributed by atoms with E-state index in [0.717, 1.165) is 12.0 Å². The lowest BCUT2D eigenvalue weighted by Crippen LogP contribution is -2.14. The van der Waals surface area contributed by atoms with Crippen molar-refractivity contribution in [3.63, 3.8) is 0 Å². The first-order valence-corrected chi connectivity index (χ1v) is 19.4. The summed E-state index contributed by atoms with van der Waals surface area (Å²) < 4.78 is 2.68. The molecule has 258 valence electrons. The molecule has 1 heteroatoms. The number of hydrogen-bond donors (Lipinski definition) is 0. The summed E-state index contributed by atoms with van der Waals surface area (Å²) in [6.45, 7) is 18.3. The van der Waals surface area contributed by atoms with E-state index >= 15 is 0 Å². The molecule has 0 aliphatic heterocycles. The van der Waals surface area contributed by atoms with Gasteiger partial charge in [0.15, 0.2) is 0 Å². The molecule has 53 heavy (non-hydrogen) atoms. The van der Waals surface area contributed by atoms with Crippen LogP contribution in [0.3, 0.4) is 0 Å². The molecule has 0 N–H and O–H groups in total. The molecule has 1 heterocycles. The van der Waals surface area contributed by atoms with Gasteiger partial charge in [-0.3, -0.25) is 0 Å². The third-order valence-electron chi connectivity index (χ3n) is 10.9. The topological polar surface area (TPSA) is 0 Å². The zero-order valence-corrected chi connectivity index (χ0v) is 31.9. The van der Waals surface area contributed by atoms with E-state index in [1.54, 1.807) is 0 Å². The fourth-order valence-electron chi connectivity index (χ4n) is 8.31. The minimum absolute atomic E-state index is 0.182. The molecule has 7 aromatic rings. The van der Waals surface area contributed by atoms with E-state index in [1.165, 1.54) is 91.5 Å². The Labute approximate surface area is 317 Å². The minimum atomic E-state index is -0.182. The number of rotatable bonds is 8. The van der Waals surface area contributed by atoms with Crippen LogP contribution < -0.4 is 0 Å². The maximum absolute atomic E-state index is 4.69. The number of fused-ring (bicyclic) bond motifs is 10. The molecule has 8 rings (SSSR count). The molecule has 1 aliphatic rings. The third-order valence-corrected chi connectivity index (χ3v) is 12.1. The minimum Gasteiger partial charge on any atom is -0.135 e. The highest BCUT2D eigenvalue weighted by Gasteiger charge is 2.40. The first-order valence-electron chi connectivity index (χ1n) is 18.6. The zero-order chi connectivity index (χ0) is 36.7. The molecule has 0 unspecified atom stereocenters. The number of benzene rings is 6. The second-order valence-corrected chi connectivity index (χ2v) is 15.5. The molecule has 1 aliphatic carbocycles. The van der Waals surface area contributed by atoms with Gasteiger partial charge in [0.1, 0.15) is 0 Å². The van der Waals surface area contributed by atoms with Gasteiger partial charge in [0.2, 0.25) is 0 Å². The van der Waals surface area contributed by atoms with Crippen molar-refractivity contribution < 1.29 is 0 Å². The summed E-state index contributed by atoms with van der Waals surface area (Å²) >= 11 is 1.90. The van der Waals surface area contributed by atoms with E-state index in [9.17, 15) is 0 Å². The summed E-state index contributed by atoms with van der Waals surface area (Å²) in [5.41, 5.74) is 9.66. The lowest BCUT2D eigenvalue weighted by molar-refractivity contribution is 0.669. The smallest absolute Gasteiger partial charge is 0.0440 e. The Hall–Kier alpha value is -5.76. The molecule has 0 atom stereocenters. The first kappa shape index (κ1) is 34.3. The van der Waals surface area contributed by atoms with Crippen LogP contribution in [-0.2, 0) is 5.41 Å². The average molecular weight is 701 g/mol. The van der Waals surface area contributed by atoms with Crippen LogP contribution >= 0.6 is 11.3 Å². The van der Waals surface area contributed by atoms with E-state index in [0.29, 0.717) is 0 Å². The van der Waals surface area contributed by atoms with Crippen LogP contribution in [0.15, 0.2) is 177 Å². The molecule has 0 saturated carbocycles. The number of hydrogen-bond acceptors (Lipinski definition) is 1. The van der Waals surface area contributed by atoms with Crippen LogP contribution in [0.4, 0.5) is 0 Å². The van der Waals surface area contributed by atoms with Crippen molar-refractivity contribution in [3.05, 3.63) is 199 Å². The largest absolute Gasteiger partial charge is 0.135 e. The van der Waals surface area contributed by atoms with Crippen LogP contribution in [0.2, 0.25) is 0 Å². The Kier molecular flexibility index (Phi) is 9.06. The zero-order valence-electron chi connectivity index (χ0n) is 31.0. The summed E-state index contributed by atoms with van der Waals surface area (Å²) in [5.74, 6) is 0. The summed E-state index contributed by atoms with van der Waals surface area (Å²) in [5, 5.41) is 10.3. The van der Waals surface area contributed by atoms with Gasteiger partial charge in [0.05, 0.1) is 0 Å². The predicted octanol–water partition coefficient (Wildman–Crippen LogP) is 15.5. The van der Waals surface area contributed by atoms with Gasteiger partial charge < -0.3 is 0 Å². The van der Waals surface area contributed by atoms with Crippen LogP contribution in [-0.4, -0.2) is 0 Å². The quantitative estimate of drug-likeness (QED) is 0.109. The van der Waals surface area contributed by atoms with E-state index < -0.39 is 0 Å². The Morgan fingerprint density at radius 3 is 1.87 bits per heavy atom. The first-order chi connectivity index (χ1) is 25.8. The Bertz CT molecular complexity index is 2760. The normalized spacial score (nSPS) is 15.7. The fraction of sp³-hybridized carbons (Fsp3) is 0.115. The lowest BCUT2D eigenvalue weighted by atomic mass is 9.80. The summed E-state index contributed by atoms with van der Waals surface area (Å²) in [7, 11) is 0. The van der Waals surface area contributed by atoms with Crippen molar-refractivity contribution in [3.8, 4) is 0 Å². The van der Waals surface area contributed by atoms with Gasteiger partial charge in [-0.25, -0.2) is 0 Å². The molecule has 0 saturated heterocycles. The summed E-state index contributed by atoms with van der Waals surface area (Å²) in [6, 6.07) is 35.2. The SMILES string of the molecule is C=C(\C=C/C=C/C=C/C=C1\C(=C)C(C)(C)c2c1c1c3ccccc3sc1c1ccccc21)c1c2ccccc2c(/C(C)=C/C=C\CC)c2ccccc12. The Morgan fingerprint density at radius 1 is 0.660 bits per heavy atom. The summed E-state index contributed by atoms with van der Waals surface area (Å²) in [4.78, 5) is 0. The van der Waals surface area contributed by atoms with Gasteiger partial charge in [-0.1, -0.05) is 186 Å². The second kappa shape index (κ2) is 14.0. The molecular formula is C52H44S. The van der Waals surface area contributed by atoms with Gasteiger partial charge in [0.25, 0.3) is 0 Å². The van der Waals surface area contributed by atoms with Crippen molar-refractivity contribution in [1.29, 1.82) is 0 Å².